The minimum absolute atomic E-state index is 0.0562. The molecule has 2 aliphatic rings. The number of fused-ring (bicyclic) bond motifs is 4. The Hall–Kier alpha value is -3.41. The highest BCUT2D eigenvalue weighted by Crippen LogP contribution is 2.52. The zero-order valence-corrected chi connectivity index (χ0v) is 15.8. The monoisotopic (exact) mass is 372 g/mol. The van der Waals surface area contributed by atoms with Crippen LogP contribution < -0.4 is 10.2 Å². The van der Waals surface area contributed by atoms with Crippen LogP contribution >= 0.6 is 0 Å². The molecule has 28 heavy (non-hydrogen) atoms. The third-order valence-electron chi connectivity index (χ3n) is 5.74. The molecule has 2 aliphatic heterocycles. The topological polar surface area (TPSA) is 67.2 Å². The number of likely N-dealkylation sites (N-methyl/N-ethyl adjacent to an activating group) is 1. The Morgan fingerprint density at radius 1 is 1.11 bits per heavy atom. The summed E-state index contributed by atoms with van der Waals surface area (Å²) in [5.41, 5.74) is 3.40. The molecule has 3 aromatic rings. The molecule has 6 heteroatoms. The largest absolute Gasteiger partial charge is 0.311 e. The van der Waals surface area contributed by atoms with Gasteiger partial charge in [-0.3, -0.25) is 9.59 Å². The summed E-state index contributed by atoms with van der Waals surface area (Å²) in [6.45, 7) is 4.52. The lowest BCUT2D eigenvalue weighted by Crippen LogP contribution is -2.46. The molecule has 2 amide bonds. The molecule has 0 saturated heterocycles. The smallest absolute Gasteiger partial charge is 0.242 e. The van der Waals surface area contributed by atoms with Gasteiger partial charge in [0.25, 0.3) is 0 Å². The van der Waals surface area contributed by atoms with Crippen molar-refractivity contribution in [2.75, 3.05) is 16.8 Å². The Kier molecular flexibility index (Phi) is 3.46. The van der Waals surface area contributed by atoms with Crippen molar-refractivity contribution in [2.45, 2.75) is 25.7 Å². The Labute approximate surface area is 162 Å². The van der Waals surface area contributed by atoms with Gasteiger partial charge in [-0.2, -0.15) is 5.10 Å². The van der Waals surface area contributed by atoms with Crippen molar-refractivity contribution in [1.82, 2.24) is 9.78 Å². The number of carbonyl (C=O) groups excluding carboxylic acids is 2. The zero-order valence-electron chi connectivity index (χ0n) is 15.8. The Morgan fingerprint density at radius 3 is 2.64 bits per heavy atom. The maximum Gasteiger partial charge on any atom is 0.242 e. The summed E-state index contributed by atoms with van der Waals surface area (Å²) in [5.74, 6) is 0.337. The normalized spacial score (nSPS) is 20.3. The number of nitrogens with one attached hydrogen (secondary N) is 1. The molecule has 1 N–H and O–H groups in total. The van der Waals surface area contributed by atoms with Gasteiger partial charge in [-0.1, -0.05) is 35.9 Å². The van der Waals surface area contributed by atoms with E-state index >= 15 is 0 Å². The number of benzene rings is 2. The first-order valence-electron chi connectivity index (χ1n) is 9.43. The predicted octanol–water partition coefficient (Wildman–Crippen LogP) is 3.18. The molecule has 140 valence electrons. The summed E-state index contributed by atoms with van der Waals surface area (Å²) in [7, 11) is 0. The Morgan fingerprint density at radius 2 is 1.89 bits per heavy atom. The van der Waals surface area contributed by atoms with E-state index in [1.807, 2.05) is 62.4 Å². The fraction of sp³-hybridized carbons (Fsp3) is 0.227. The van der Waals surface area contributed by atoms with Crippen LogP contribution in [0.15, 0.2) is 54.7 Å². The minimum Gasteiger partial charge on any atom is -0.311 e. The van der Waals surface area contributed by atoms with Crippen molar-refractivity contribution in [2.24, 2.45) is 0 Å². The van der Waals surface area contributed by atoms with E-state index in [0.717, 1.165) is 28.1 Å². The van der Waals surface area contributed by atoms with E-state index in [0.29, 0.717) is 12.4 Å². The van der Waals surface area contributed by atoms with Crippen molar-refractivity contribution in [1.29, 1.82) is 0 Å². The van der Waals surface area contributed by atoms with Gasteiger partial charge in [0.1, 0.15) is 11.2 Å². The summed E-state index contributed by atoms with van der Waals surface area (Å²) in [4.78, 5) is 28.2. The minimum atomic E-state index is -1.03. The standard InChI is InChI=1S/C22H20N4O2/c1-3-25-18-10-9-14(2)11-16(18)22(21(25)28)12-19(27)24-20-17(22)13-23-26(20)15-7-5-4-6-8-15/h4-11,13H,3,12H2,1-2H3,(H,24,27)/t22-/m0/s1. The van der Waals surface area contributed by atoms with Gasteiger partial charge >= 0.3 is 0 Å². The third kappa shape index (κ3) is 2.05. The van der Waals surface area contributed by atoms with Crippen LogP contribution in [0.2, 0.25) is 0 Å². The van der Waals surface area contributed by atoms with Gasteiger partial charge in [0.05, 0.1) is 11.9 Å². The molecular formula is C22H20N4O2. The van der Waals surface area contributed by atoms with Gasteiger partial charge in [-0.05, 0) is 37.6 Å². The second kappa shape index (κ2) is 5.79. The molecule has 6 nitrogen and oxygen atoms in total. The van der Waals surface area contributed by atoms with E-state index in [1.54, 1.807) is 15.8 Å². The van der Waals surface area contributed by atoms with Crippen LogP contribution in [0.3, 0.4) is 0 Å². The molecule has 3 heterocycles. The van der Waals surface area contributed by atoms with Gasteiger partial charge in [0.2, 0.25) is 11.8 Å². The zero-order chi connectivity index (χ0) is 19.5. The number of carbonyl (C=O) groups is 2. The number of rotatable bonds is 2. The predicted molar refractivity (Wildman–Crippen MR) is 107 cm³/mol. The van der Waals surface area contributed by atoms with Crippen LogP contribution in [-0.2, 0) is 15.0 Å². The number of nitrogens with zero attached hydrogens (tertiary/aromatic N) is 3. The molecule has 1 atom stereocenters. The van der Waals surface area contributed by atoms with Crippen LogP contribution in [0.5, 0.6) is 0 Å². The molecule has 5 rings (SSSR count). The van der Waals surface area contributed by atoms with Crippen LogP contribution in [0.4, 0.5) is 11.5 Å². The number of amides is 2. The highest BCUT2D eigenvalue weighted by atomic mass is 16.2. The second-order valence-corrected chi connectivity index (χ2v) is 7.35. The summed E-state index contributed by atoms with van der Waals surface area (Å²) in [6.07, 6.45) is 1.82. The SMILES string of the molecule is CCN1C(=O)[C@@]2(CC(=O)Nc3c2cnn3-c2ccccc2)c2cc(C)ccc21. The number of hydrogen-bond acceptors (Lipinski definition) is 3. The van der Waals surface area contributed by atoms with E-state index in [9.17, 15) is 9.59 Å². The maximum absolute atomic E-state index is 13.6. The first kappa shape index (κ1) is 16.7. The molecule has 1 aromatic heterocycles. The highest BCUT2D eigenvalue weighted by molar-refractivity contribution is 6.15. The number of aryl methyl sites for hydroxylation is 1. The first-order valence-corrected chi connectivity index (χ1v) is 9.43. The van der Waals surface area contributed by atoms with Crippen molar-refractivity contribution in [3.63, 3.8) is 0 Å². The molecular weight excluding hydrogens is 352 g/mol. The average Bonchev–Trinajstić information content (AvgIpc) is 3.21. The Balaban J connectivity index is 1.80. The first-order chi connectivity index (χ1) is 13.6. The third-order valence-corrected chi connectivity index (χ3v) is 5.74. The van der Waals surface area contributed by atoms with Gasteiger partial charge < -0.3 is 10.2 Å². The fourth-order valence-corrected chi connectivity index (χ4v) is 4.49. The summed E-state index contributed by atoms with van der Waals surface area (Å²) < 4.78 is 1.70. The second-order valence-electron chi connectivity index (χ2n) is 7.35. The molecule has 2 aromatic carbocycles. The number of para-hydroxylation sites is 1. The van der Waals surface area contributed by atoms with Crippen molar-refractivity contribution in [3.8, 4) is 5.69 Å². The number of aromatic nitrogens is 2. The number of anilines is 2. The van der Waals surface area contributed by atoms with Gasteiger partial charge in [0.15, 0.2) is 0 Å². The average molecular weight is 372 g/mol. The van der Waals surface area contributed by atoms with E-state index in [1.165, 1.54) is 0 Å². The van der Waals surface area contributed by atoms with Crippen LogP contribution in [-0.4, -0.2) is 28.1 Å². The summed E-state index contributed by atoms with van der Waals surface area (Å²) >= 11 is 0. The molecule has 0 aliphatic carbocycles. The number of hydrogen-bond donors (Lipinski definition) is 1. The molecule has 1 spiro atoms. The van der Waals surface area contributed by atoms with E-state index in [2.05, 4.69) is 10.4 Å². The summed E-state index contributed by atoms with van der Waals surface area (Å²) in [5, 5.41) is 7.48. The van der Waals surface area contributed by atoms with Gasteiger partial charge in [-0.25, -0.2) is 4.68 Å². The maximum atomic E-state index is 13.6. The lowest BCUT2D eigenvalue weighted by molar-refractivity contribution is -0.126. The van der Waals surface area contributed by atoms with Crippen molar-refractivity contribution < 1.29 is 9.59 Å². The lowest BCUT2D eigenvalue weighted by Gasteiger charge is -2.32. The van der Waals surface area contributed by atoms with Gasteiger partial charge in [-0.15, -0.1) is 0 Å². The van der Waals surface area contributed by atoms with Crippen LogP contribution in [0.1, 0.15) is 30.0 Å². The Bertz CT molecular complexity index is 1120. The lowest BCUT2D eigenvalue weighted by atomic mass is 9.71. The summed E-state index contributed by atoms with van der Waals surface area (Å²) in [6, 6.07) is 15.6. The molecule has 0 fully saturated rings. The molecule has 0 bridgehead atoms. The van der Waals surface area contributed by atoms with Crippen molar-refractivity contribution >= 4 is 23.3 Å². The quantitative estimate of drug-likeness (QED) is 0.751. The van der Waals surface area contributed by atoms with Gasteiger partial charge in [0, 0.05) is 24.2 Å². The van der Waals surface area contributed by atoms with Crippen LogP contribution in [0.25, 0.3) is 5.69 Å². The fourth-order valence-electron chi connectivity index (χ4n) is 4.49. The van der Waals surface area contributed by atoms with E-state index in [-0.39, 0.29) is 18.2 Å². The van der Waals surface area contributed by atoms with E-state index in [4.69, 9.17) is 0 Å². The molecule has 0 radical (unpaired) electrons. The van der Waals surface area contributed by atoms with Crippen LogP contribution in [0, 0.1) is 6.92 Å². The molecule has 0 saturated carbocycles. The molecule has 0 unspecified atom stereocenters. The highest BCUT2D eigenvalue weighted by Gasteiger charge is 2.56. The van der Waals surface area contributed by atoms with E-state index < -0.39 is 5.41 Å². The van der Waals surface area contributed by atoms with Crippen molar-refractivity contribution in [3.05, 3.63) is 71.4 Å².